The monoisotopic (exact) mass is 320 g/mol. The van der Waals surface area contributed by atoms with Gasteiger partial charge in [-0.25, -0.2) is 4.79 Å². The van der Waals surface area contributed by atoms with Crippen molar-refractivity contribution < 1.29 is 9.53 Å². The quantitative estimate of drug-likeness (QED) is 0.887. The number of hydrogen-bond donors (Lipinski definition) is 1. The summed E-state index contributed by atoms with van der Waals surface area (Å²) in [5, 5.41) is 3.49. The number of aryl methyl sites for hydroxylation is 3. The normalized spacial score (nSPS) is 12.9. The molecule has 130 valence electrons. The Balaban J connectivity index is 2.52. The van der Waals surface area contributed by atoms with Crippen molar-refractivity contribution in [3.8, 4) is 0 Å². The minimum Gasteiger partial charge on any atom is -0.444 e. The minimum absolute atomic E-state index is 0.251. The molecule has 0 spiro atoms. The summed E-state index contributed by atoms with van der Waals surface area (Å²) in [6, 6.07) is 4.73. The molecule has 1 N–H and O–H groups in total. The average molecular weight is 320 g/mol. The molecule has 0 bridgehead atoms. The molecule has 23 heavy (non-hydrogen) atoms. The average Bonchev–Trinajstić information content (AvgIpc) is 2.40. The lowest BCUT2D eigenvalue weighted by atomic mass is 9.96. The molecule has 0 aromatic heterocycles. The van der Waals surface area contributed by atoms with Gasteiger partial charge in [0.1, 0.15) is 5.60 Å². The van der Waals surface area contributed by atoms with Crippen LogP contribution in [0, 0.1) is 20.8 Å². The highest BCUT2D eigenvalue weighted by Gasteiger charge is 2.19. The number of benzene rings is 1. The van der Waals surface area contributed by atoms with Gasteiger partial charge < -0.3 is 15.0 Å². The maximum atomic E-state index is 11.9. The van der Waals surface area contributed by atoms with Crippen LogP contribution in [-0.4, -0.2) is 36.7 Å². The van der Waals surface area contributed by atoms with Gasteiger partial charge in [-0.1, -0.05) is 12.1 Å². The van der Waals surface area contributed by atoms with E-state index in [1.54, 1.807) is 11.9 Å². The summed E-state index contributed by atoms with van der Waals surface area (Å²) in [7, 11) is 1.77. The Labute approximate surface area is 141 Å². The van der Waals surface area contributed by atoms with Gasteiger partial charge in [0.25, 0.3) is 0 Å². The van der Waals surface area contributed by atoms with Gasteiger partial charge in [0.15, 0.2) is 0 Å². The molecule has 0 radical (unpaired) electrons. The van der Waals surface area contributed by atoms with Gasteiger partial charge in [-0.05, 0) is 70.7 Å². The molecule has 0 aliphatic rings. The van der Waals surface area contributed by atoms with Gasteiger partial charge in [0.2, 0.25) is 0 Å². The zero-order chi connectivity index (χ0) is 17.8. The van der Waals surface area contributed by atoms with E-state index in [0.29, 0.717) is 6.54 Å². The summed E-state index contributed by atoms with van der Waals surface area (Å²) in [5.74, 6) is 0. The number of carbonyl (C=O) groups excluding carboxylic acids is 1. The fourth-order valence-corrected chi connectivity index (χ4v) is 2.44. The first kappa shape index (κ1) is 19.5. The molecule has 4 heteroatoms. The topological polar surface area (TPSA) is 41.6 Å². The highest BCUT2D eigenvalue weighted by atomic mass is 16.6. The van der Waals surface area contributed by atoms with Crippen LogP contribution in [0.5, 0.6) is 0 Å². The first-order valence-corrected chi connectivity index (χ1v) is 8.26. The van der Waals surface area contributed by atoms with Crippen molar-refractivity contribution in [3.05, 3.63) is 34.4 Å². The van der Waals surface area contributed by atoms with E-state index in [0.717, 1.165) is 6.54 Å². The van der Waals surface area contributed by atoms with Gasteiger partial charge in [-0.2, -0.15) is 0 Å². The second-order valence-electron chi connectivity index (χ2n) is 7.37. The Morgan fingerprint density at radius 3 is 2.30 bits per heavy atom. The summed E-state index contributed by atoms with van der Waals surface area (Å²) in [4.78, 5) is 13.5. The van der Waals surface area contributed by atoms with Crippen molar-refractivity contribution in [2.24, 2.45) is 0 Å². The first-order valence-electron chi connectivity index (χ1n) is 8.26. The van der Waals surface area contributed by atoms with E-state index in [9.17, 15) is 4.79 Å². The van der Waals surface area contributed by atoms with E-state index in [-0.39, 0.29) is 12.1 Å². The zero-order valence-corrected chi connectivity index (χ0v) is 15.9. The van der Waals surface area contributed by atoms with E-state index >= 15 is 0 Å². The van der Waals surface area contributed by atoms with Gasteiger partial charge >= 0.3 is 6.09 Å². The zero-order valence-electron chi connectivity index (χ0n) is 15.9. The molecule has 0 fully saturated rings. The Kier molecular flexibility index (Phi) is 6.63. The van der Waals surface area contributed by atoms with Gasteiger partial charge in [0, 0.05) is 26.2 Å². The lowest BCUT2D eigenvalue weighted by Gasteiger charge is -2.25. The van der Waals surface area contributed by atoms with Crippen LogP contribution < -0.4 is 5.32 Å². The molecule has 1 amide bonds. The standard InChI is InChI=1S/C19H32N2O2/c1-13-11-15(3)17(12-14(13)2)16(4)20-9-10-21(8)18(22)23-19(5,6)7/h11-12,16,20H,9-10H2,1-8H3. The smallest absolute Gasteiger partial charge is 0.410 e. The minimum atomic E-state index is -0.456. The van der Waals surface area contributed by atoms with Crippen LogP contribution in [0.15, 0.2) is 12.1 Å². The van der Waals surface area contributed by atoms with E-state index in [1.165, 1.54) is 22.3 Å². The molecule has 0 heterocycles. The van der Waals surface area contributed by atoms with Crippen LogP contribution in [0.25, 0.3) is 0 Å². The lowest BCUT2D eigenvalue weighted by molar-refractivity contribution is 0.0299. The predicted octanol–water partition coefficient (Wildman–Crippen LogP) is 4.13. The van der Waals surface area contributed by atoms with Crippen LogP contribution in [0.1, 0.15) is 56.0 Å². The van der Waals surface area contributed by atoms with Crippen molar-refractivity contribution >= 4 is 6.09 Å². The van der Waals surface area contributed by atoms with Gasteiger partial charge in [0.05, 0.1) is 0 Å². The fraction of sp³-hybridized carbons (Fsp3) is 0.632. The van der Waals surface area contributed by atoms with Crippen LogP contribution in [0.4, 0.5) is 4.79 Å². The summed E-state index contributed by atoms with van der Waals surface area (Å²) < 4.78 is 5.35. The van der Waals surface area contributed by atoms with E-state index in [4.69, 9.17) is 4.74 Å². The van der Waals surface area contributed by atoms with E-state index < -0.39 is 5.60 Å². The summed E-state index contributed by atoms with van der Waals surface area (Å²) in [6.45, 7) is 15.6. The summed E-state index contributed by atoms with van der Waals surface area (Å²) in [5.41, 5.74) is 4.79. The molecule has 1 rings (SSSR count). The Bertz CT molecular complexity index is 547. The van der Waals surface area contributed by atoms with Crippen LogP contribution in [-0.2, 0) is 4.74 Å². The second-order valence-corrected chi connectivity index (χ2v) is 7.37. The molecule has 0 saturated carbocycles. The van der Waals surface area contributed by atoms with Crippen molar-refractivity contribution in [1.82, 2.24) is 10.2 Å². The maximum Gasteiger partial charge on any atom is 0.410 e. The van der Waals surface area contributed by atoms with Crippen molar-refractivity contribution in [2.75, 3.05) is 20.1 Å². The molecule has 1 aromatic rings. The van der Waals surface area contributed by atoms with Crippen LogP contribution >= 0.6 is 0 Å². The van der Waals surface area contributed by atoms with Crippen molar-refractivity contribution in [3.63, 3.8) is 0 Å². The molecule has 0 saturated heterocycles. The molecular weight excluding hydrogens is 288 g/mol. The Hall–Kier alpha value is -1.55. The number of rotatable bonds is 5. The second kappa shape index (κ2) is 7.82. The largest absolute Gasteiger partial charge is 0.444 e. The number of likely N-dealkylation sites (N-methyl/N-ethyl adjacent to an activating group) is 1. The highest BCUT2D eigenvalue weighted by molar-refractivity contribution is 5.67. The fourth-order valence-electron chi connectivity index (χ4n) is 2.44. The maximum absolute atomic E-state index is 11.9. The van der Waals surface area contributed by atoms with Gasteiger partial charge in [-0.15, -0.1) is 0 Å². The predicted molar refractivity (Wildman–Crippen MR) is 95.9 cm³/mol. The van der Waals surface area contributed by atoms with E-state index in [1.807, 2.05) is 20.8 Å². The summed E-state index contributed by atoms with van der Waals surface area (Å²) in [6.07, 6.45) is -0.283. The van der Waals surface area contributed by atoms with Gasteiger partial charge in [-0.3, -0.25) is 0 Å². The molecule has 4 nitrogen and oxygen atoms in total. The third-order valence-electron chi connectivity index (χ3n) is 3.95. The molecule has 1 unspecified atom stereocenters. The van der Waals surface area contributed by atoms with Crippen LogP contribution in [0.3, 0.4) is 0 Å². The lowest BCUT2D eigenvalue weighted by Crippen LogP contribution is -2.38. The highest BCUT2D eigenvalue weighted by Crippen LogP contribution is 2.21. The molecule has 1 atom stereocenters. The van der Waals surface area contributed by atoms with Crippen LogP contribution in [0.2, 0.25) is 0 Å². The SMILES string of the molecule is Cc1cc(C)c(C(C)NCCN(C)C(=O)OC(C)(C)C)cc1C. The number of amides is 1. The third kappa shape index (κ3) is 6.22. The number of hydrogen-bond acceptors (Lipinski definition) is 3. The Morgan fingerprint density at radius 1 is 1.17 bits per heavy atom. The molecule has 1 aromatic carbocycles. The molecule has 0 aliphatic heterocycles. The molecular formula is C19H32N2O2. The first-order chi connectivity index (χ1) is 10.5. The summed E-state index contributed by atoms with van der Waals surface area (Å²) >= 11 is 0. The van der Waals surface area contributed by atoms with Crippen molar-refractivity contribution in [2.45, 2.75) is 60.1 Å². The van der Waals surface area contributed by atoms with E-state index in [2.05, 4.69) is 45.1 Å². The Morgan fingerprint density at radius 2 is 1.74 bits per heavy atom. The third-order valence-corrected chi connectivity index (χ3v) is 3.95. The number of ether oxygens (including phenoxy) is 1. The van der Waals surface area contributed by atoms with Crippen molar-refractivity contribution in [1.29, 1.82) is 0 Å². The number of nitrogens with one attached hydrogen (secondary N) is 1. The molecule has 0 aliphatic carbocycles. The number of carbonyl (C=O) groups is 1. The number of nitrogens with zero attached hydrogens (tertiary/aromatic N) is 1.